The van der Waals surface area contributed by atoms with Gasteiger partial charge >= 0.3 is 0 Å². The van der Waals surface area contributed by atoms with E-state index < -0.39 is 0 Å². The zero-order valence-corrected chi connectivity index (χ0v) is 13.1. The van der Waals surface area contributed by atoms with Crippen LogP contribution in [0.1, 0.15) is 28.9 Å². The van der Waals surface area contributed by atoms with Crippen LogP contribution in [-0.2, 0) is 6.54 Å². The number of thiazole rings is 1. The highest BCUT2D eigenvalue weighted by Crippen LogP contribution is 2.17. The zero-order valence-electron chi connectivity index (χ0n) is 9.91. The number of rotatable bonds is 4. The molecule has 1 rings (SSSR count). The molecule has 0 aliphatic carbocycles. The first kappa shape index (κ1) is 15.6. The van der Waals surface area contributed by atoms with Crippen LogP contribution in [0.5, 0.6) is 0 Å². The molecule has 1 heterocycles. The number of aromatic nitrogens is 1. The summed E-state index contributed by atoms with van der Waals surface area (Å²) in [7, 11) is 0. The largest absolute Gasteiger partial charge is 0.370 e. The first-order valence-corrected chi connectivity index (χ1v) is 5.91. The monoisotopic (exact) mass is 354 g/mol. The number of aryl methyl sites for hydroxylation is 2. The van der Waals surface area contributed by atoms with Gasteiger partial charge in [0.05, 0.1) is 17.2 Å². The molecule has 0 aromatic carbocycles. The predicted molar refractivity (Wildman–Crippen MR) is 80.6 cm³/mol. The van der Waals surface area contributed by atoms with Gasteiger partial charge in [0, 0.05) is 11.4 Å². The predicted octanol–water partition coefficient (Wildman–Crippen LogP) is 2.19. The molecule has 1 aromatic heterocycles. The van der Waals surface area contributed by atoms with Crippen molar-refractivity contribution < 1.29 is 0 Å². The topological polar surface area (TPSA) is 63.3 Å². The smallest absolute Gasteiger partial charge is 0.188 e. The summed E-state index contributed by atoms with van der Waals surface area (Å²) in [5.74, 6) is 0.516. The Morgan fingerprint density at radius 3 is 2.69 bits per heavy atom. The van der Waals surface area contributed by atoms with E-state index in [1.807, 2.05) is 13.8 Å². The summed E-state index contributed by atoms with van der Waals surface area (Å²) in [6.07, 6.45) is 1.05. The van der Waals surface area contributed by atoms with E-state index in [0.717, 1.165) is 23.7 Å². The van der Waals surface area contributed by atoms with Gasteiger partial charge in [-0.25, -0.2) is 9.98 Å². The molecule has 0 saturated heterocycles. The molecule has 16 heavy (non-hydrogen) atoms. The average molecular weight is 354 g/mol. The van der Waals surface area contributed by atoms with Crippen molar-refractivity contribution in [2.45, 2.75) is 33.7 Å². The van der Waals surface area contributed by atoms with Crippen molar-refractivity contribution in [3.05, 3.63) is 15.6 Å². The van der Waals surface area contributed by atoms with Crippen LogP contribution >= 0.6 is 35.3 Å². The Morgan fingerprint density at radius 1 is 1.50 bits per heavy atom. The van der Waals surface area contributed by atoms with Crippen molar-refractivity contribution in [3.8, 4) is 0 Å². The van der Waals surface area contributed by atoms with Crippen LogP contribution in [-0.4, -0.2) is 17.5 Å². The van der Waals surface area contributed by atoms with Gasteiger partial charge in [-0.05, 0) is 20.3 Å². The Hall–Kier alpha value is -0.370. The summed E-state index contributed by atoms with van der Waals surface area (Å²) in [6, 6.07) is 0. The van der Waals surface area contributed by atoms with Gasteiger partial charge < -0.3 is 11.1 Å². The van der Waals surface area contributed by atoms with Gasteiger partial charge in [0.2, 0.25) is 0 Å². The summed E-state index contributed by atoms with van der Waals surface area (Å²) in [4.78, 5) is 9.79. The maximum atomic E-state index is 5.69. The number of aliphatic imine (C=N–C) groups is 1. The minimum atomic E-state index is 0. The quantitative estimate of drug-likeness (QED) is 0.495. The van der Waals surface area contributed by atoms with Crippen molar-refractivity contribution in [2.75, 3.05) is 6.54 Å². The van der Waals surface area contributed by atoms with Crippen LogP contribution in [0, 0.1) is 13.8 Å². The van der Waals surface area contributed by atoms with Crippen LogP contribution in [0.4, 0.5) is 0 Å². The van der Waals surface area contributed by atoms with Crippen LogP contribution in [0.15, 0.2) is 4.99 Å². The molecule has 3 N–H and O–H groups in total. The lowest BCUT2D eigenvalue weighted by atomic mass is 10.4. The molecular weight excluding hydrogens is 335 g/mol. The van der Waals surface area contributed by atoms with Crippen molar-refractivity contribution in [2.24, 2.45) is 10.7 Å². The minimum absolute atomic E-state index is 0. The summed E-state index contributed by atoms with van der Waals surface area (Å²) < 4.78 is 0. The first-order chi connectivity index (χ1) is 7.13. The SMILES string of the molecule is CCCNC(N)=NCc1sc(C)nc1C.I. The second kappa shape index (κ2) is 7.83. The third kappa shape index (κ3) is 5.11. The normalized spacial score (nSPS) is 11.1. The van der Waals surface area contributed by atoms with Gasteiger partial charge in [0.1, 0.15) is 0 Å². The minimum Gasteiger partial charge on any atom is -0.370 e. The third-order valence-electron chi connectivity index (χ3n) is 1.95. The summed E-state index contributed by atoms with van der Waals surface area (Å²) >= 11 is 1.68. The molecular formula is C10H19IN4S. The van der Waals surface area contributed by atoms with Crippen LogP contribution < -0.4 is 11.1 Å². The van der Waals surface area contributed by atoms with Crippen LogP contribution in [0.3, 0.4) is 0 Å². The van der Waals surface area contributed by atoms with Crippen molar-refractivity contribution >= 4 is 41.3 Å². The van der Waals surface area contributed by atoms with Crippen LogP contribution in [0.2, 0.25) is 0 Å². The number of hydrogen-bond donors (Lipinski definition) is 2. The highest BCUT2D eigenvalue weighted by molar-refractivity contribution is 14.0. The van der Waals surface area contributed by atoms with Gasteiger partial charge in [0.25, 0.3) is 0 Å². The lowest BCUT2D eigenvalue weighted by Gasteiger charge is -2.02. The summed E-state index contributed by atoms with van der Waals surface area (Å²) in [6.45, 7) is 7.60. The van der Waals surface area contributed by atoms with E-state index >= 15 is 0 Å². The average Bonchev–Trinajstić information content (AvgIpc) is 2.51. The van der Waals surface area contributed by atoms with E-state index in [4.69, 9.17) is 5.73 Å². The summed E-state index contributed by atoms with van der Waals surface area (Å²) in [5, 5.41) is 4.12. The second-order valence-corrected chi connectivity index (χ2v) is 4.66. The lowest BCUT2D eigenvalue weighted by Crippen LogP contribution is -2.32. The van der Waals surface area contributed by atoms with E-state index in [1.54, 1.807) is 11.3 Å². The Bertz CT molecular complexity index is 349. The molecule has 0 atom stereocenters. The molecule has 92 valence electrons. The third-order valence-corrected chi connectivity index (χ3v) is 3.01. The fourth-order valence-corrected chi connectivity index (χ4v) is 2.05. The number of nitrogens with one attached hydrogen (secondary N) is 1. The number of nitrogens with zero attached hydrogens (tertiary/aromatic N) is 2. The highest BCUT2D eigenvalue weighted by atomic mass is 127. The number of guanidine groups is 1. The molecule has 1 aromatic rings. The van der Waals surface area contributed by atoms with Gasteiger partial charge in [-0.3, -0.25) is 0 Å². The van der Waals surface area contributed by atoms with Crippen LogP contribution in [0.25, 0.3) is 0 Å². The molecule has 6 heteroatoms. The number of nitrogens with two attached hydrogens (primary N) is 1. The molecule has 0 aliphatic heterocycles. The Morgan fingerprint density at radius 2 is 2.19 bits per heavy atom. The van der Waals surface area contributed by atoms with Crippen molar-refractivity contribution in [1.82, 2.24) is 10.3 Å². The number of hydrogen-bond acceptors (Lipinski definition) is 3. The second-order valence-electron chi connectivity index (χ2n) is 3.37. The summed E-state index contributed by atoms with van der Waals surface area (Å²) in [5.41, 5.74) is 6.75. The molecule has 0 saturated carbocycles. The maximum absolute atomic E-state index is 5.69. The van der Waals surface area contributed by atoms with Crippen molar-refractivity contribution in [3.63, 3.8) is 0 Å². The molecule has 0 spiro atoms. The molecule has 0 radical (unpaired) electrons. The fourth-order valence-electron chi connectivity index (χ4n) is 1.19. The van der Waals surface area contributed by atoms with Gasteiger partial charge in [-0.15, -0.1) is 35.3 Å². The molecule has 0 fully saturated rings. The molecule has 0 aliphatic rings. The zero-order chi connectivity index (χ0) is 11.3. The molecule has 0 amide bonds. The van der Waals surface area contributed by atoms with E-state index in [1.165, 1.54) is 4.88 Å². The lowest BCUT2D eigenvalue weighted by molar-refractivity contribution is 0.826. The highest BCUT2D eigenvalue weighted by Gasteiger charge is 2.03. The van der Waals surface area contributed by atoms with Gasteiger partial charge in [-0.1, -0.05) is 6.92 Å². The first-order valence-electron chi connectivity index (χ1n) is 5.10. The number of halogens is 1. The van der Waals surface area contributed by atoms with E-state index in [0.29, 0.717) is 12.5 Å². The van der Waals surface area contributed by atoms with Crippen molar-refractivity contribution in [1.29, 1.82) is 0 Å². The Labute approximate surface area is 118 Å². The Balaban J connectivity index is 0.00000225. The Kier molecular flexibility index (Phi) is 7.65. The molecule has 0 unspecified atom stereocenters. The van der Waals surface area contributed by atoms with E-state index in [-0.39, 0.29) is 24.0 Å². The van der Waals surface area contributed by atoms with Gasteiger partial charge in [-0.2, -0.15) is 0 Å². The fraction of sp³-hybridized carbons (Fsp3) is 0.600. The molecule has 4 nitrogen and oxygen atoms in total. The van der Waals surface area contributed by atoms with E-state index in [2.05, 4.69) is 22.2 Å². The van der Waals surface area contributed by atoms with Gasteiger partial charge in [0.15, 0.2) is 5.96 Å². The van der Waals surface area contributed by atoms with E-state index in [9.17, 15) is 0 Å². The standard InChI is InChI=1S/C10H18N4S.HI/c1-4-5-12-10(11)13-6-9-7(2)14-8(3)15-9;/h4-6H2,1-3H3,(H3,11,12,13);1H. The maximum Gasteiger partial charge on any atom is 0.188 e. The molecule has 0 bridgehead atoms.